The second kappa shape index (κ2) is 6.78. The molecule has 0 saturated heterocycles. The zero-order valence-electron chi connectivity index (χ0n) is 11.0. The van der Waals surface area contributed by atoms with Gasteiger partial charge in [0.1, 0.15) is 5.75 Å². The van der Waals surface area contributed by atoms with E-state index in [4.69, 9.17) is 16.3 Å². The van der Waals surface area contributed by atoms with E-state index in [-0.39, 0.29) is 5.91 Å². The number of carbonyl (C=O) groups excluding carboxylic acids is 1. The molecule has 0 atom stereocenters. The molecule has 5 heteroatoms. The van der Waals surface area contributed by atoms with Crippen molar-refractivity contribution in [3.63, 3.8) is 0 Å². The van der Waals surface area contributed by atoms with Crippen LogP contribution in [0.4, 0.5) is 0 Å². The van der Waals surface area contributed by atoms with Crippen LogP contribution in [0, 0.1) is 5.92 Å². The molecule has 2 N–H and O–H groups in total. The summed E-state index contributed by atoms with van der Waals surface area (Å²) in [7, 11) is 1.59. The quantitative estimate of drug-likeness (QED) is 0.804. The molecule has 1 fully saturated rings. The molecule has 19 heavy (non-hydrogen) atoms. The standard InChI is InChI=1S/C14H19ClN2O2/c1-19-13-6-12(15)5-4-11(13)8-17-14(18)9-16-7-10-2-3-10/h4-6,10,16H,2-3,7-9H2,1H3,(H,17,18). The molecule has 0 radical (unpaired) electrons. The summed E-state index contributed by atoms with van der Waals surface area (Å²) in [5.74, 6) is 1.47. The lowest BCUT2D eigenvalue weighted by Gasteiger charge is -2.10. The molecule has 1 saturated carbocycles. The summed E-state index contributed by atoms with van der Waals surface area (Å²) in [6.45, 7) is 1.76. The van der Waals surface area contributed by atoms with Gasteiger partial charge in [0.2, 0.25) is 5.91 Å². The molecule has 0 unspecified atom stereocenters. The Balaban J connectivity index is 1.75. The van der Waals surface area contributed by atoms with Crippen molar-refractivity contribution in [1.29, 1.82) is 0 Å². The molecular formula is C14H19ClN2O2. The zero-order valence-corrected chi connectivity index (χ0v) is 11.8. The van der Waals surface area contributed by atoms with Gasteiger partial charge in [0, 0.05) is 17.1 Å². The zero-order chi connectivity index (χ0) is 13.7. The molecule has 1 aliphatic rings. The summed E-state index contributed by atoms with van der Waals surface area (Å²) in [4.78, 5) is 11.6. The minimum Gasteiger partial charge on any atom is -0.496 e. The Morgan fingerprint density at radius 3 is 2.95 bits per heavy atom. The number of hydrogen-bond acceptors (Lipinski definition) is 3. The number of rotatable bonds is 7. The van der Waals surface area contributed by atoms with Crippen molar-refractivity contribution < 1.29 is 9.53 Å². The first-order valence-corrected chi connectivity index (χ1v) is 6.86. The van der Waals surface area contributed by atoms with Crippen molar-refractivity contribution in [3.05, 3.63) is 28.8 Å². The summed E-state index contributed by atoms with van der Waals surface area (Å²) in [6, 6.07) is 5.39. The van der Waals surface area contributed by atoms with E-state index < -0.39 is 0 Å². The highest BCUT2D eigenvalue weighted by Gasteiger charge is 2.20. The van der Waals surface area contributed by atoms with Gasteiger partial charge in [-0.25, -0.2) is 0 Å². The van der Waals surface area contributed by atoms with Crippen molar-refractivity contribution >= 4 is 17.5 Å². The first-order chi connectivity index (χ1) is 9.19. The largest absolute Gasteiger partial charge is 0.496 e. The van der Waals surface area contributed by atoms with Crippen LogP contribution in [0.2, 0.25) is 5.02 Å². The first-order valence-electron chi connectivity index (χ1n) is 6.49. The summed E-state index contributed by atoms with van der Waals surface area (Å²) in [5.41, 5.74) is 0.919. The van der Waals surface area contributed by atoms with E-state index in [0.717, 1.165) is 18.0 Å². The highest BCUT2D eigenvalue weighted by atomic mass is 35.5. The third kappa shape index (κ3) is 4.73. The third-order valence-electron chi connectivity index (χ3n) is 3.14. The number of methoxy groups -OCH3 is 1. The van der Waals surface area contributed by atoms with Crippen LogP contribution < -0.4 is 15.4 Å². The van der Waals surface area contributed by atoms with E-state index in [1.54, 1.807) is 19.2 Å². The first kappa shape index (κ1) is 14.2. The maximum atomic E-state index is 11.6. The lowest BCUT2D eigenvalue weighted by Crippen LogP contribution is -2.34. The normalized spacial score (nSPS) is 14.2. The smallest absolute Gasteiger partial charge is 0.234 e. The van der Waals surface area contributed by atoms with Crippen LogP contribution in [-0.4, -0.2) is 26.1 Å². The SMILES string of the molecule is COc1cc(Cl)ccc1CNC(=O)CNCC1CC1. The number of benzene rings is 1. The molecule has 1 amide bonds. The fraction of sp³-hybridized carbons (Fsp3) is 0.500. The van der Waals surface area contributed by atoms with Crippen LogP contribution in [0.1, 0.15) is 18.4 Å². The number of amides is 1. The second-order valence-electron chi connectivity index (χ2n) is 4.81. The molecule has 104 valence electrons. The van der Waals surface area contributed by atoms with E-state index in [2.05, 4.69) is 10.6 Å². The molecule has 1 aromatic rings. The summed E-state index contributed by atoms with van der Waals surface area (Å²) < 4.78 is 5.23. The van der Waals surface area contributed by atoms with Crippen molar-refractivity contribution in [2.75, 3.05) is 20.2 Å². The van der Waals surface area contributed by atoms with Gasteiger partial charge in [0.15, 0.2) is 0 Å². The molecule has 0 bridgehead atoms. The monoisotopic (exact) mass is 282 g/mol. The van der Waals surface area contributed by atoms with Gasteiger partial charge in [0.25, 0.3) is 0 Å². The van der Waals surface area contributed by atoms with Crippen LogP contribution in [0.25, 0.3) is 0 Å². The highest BCUT2D eigenvalue weighted by molar-refractivity contribution is 6.30. The Kier molecular flexibility index (Phi) is 5.05. The van der Waals surface area contributed by atoms with Crippen LogP contribution >= 0.6 is 11.6 Å². The fourth-order valence-corrected chi connectivity index (χ4v) is 1.99. The Morgan fingerprint density at radius 1 is 1.47 bits per heavy atom. The number of ether oxygens (including phenoxy) is 1. The summed E-state index contributed by atoms with van der Waals surface area (Å²) >= 11 is 5.89. The molecular weight excluding hydrogens is 264 g/mol. The van der Waals surface area contributed by atoms with E-state index in [0.29, 0.717) is 23.9 Å². The van der Waals surface area contributed by atoms with Gasteiger partial charge in [-0.15, -0.1) is 0 Å². The molecule has 1 aliphatic carbocycles. The van der Waals surface area contributed by atoms with Crippen LogP contribution in [0.3, 0.4) is 0 Å². The molecule has 0 heterocycles. The second-order valence-corrected chi connectivity index (χ2v) is 5.24. The van der Waals surface area contributed by atoms with E-state index in [1.165, 1.54) is 12.8 Å². The van der Waals surface area contributed by atoms with Gasteiger partial charge >= 0.3 is 0 Å². The Hall–Kier alpha value is -1.26. The molecule has 0 aliphatic heterocycles. The van der Waals surface area contributed by atoms with Crippen LogP contribution in [-0.2, 0) is 11.3 Å². The maximum absolute atomic E-state index is 11.6. The topological polar surface area (TPSA) is 50.4 Å². The van der Waals surface area contributed by atoms with Gasteiger partial charge in [-0.2, -0.15) is 0 Å². The number of halogens is 1. The third-order valence-corrected chi connectivity index (χ3v) is 3.38. The van der Waals surface area contributed by atoms with Gasteiger partial charge in [-0.05, 0) is 37.4 Å². The Bertz CT molecular complexity index is 447. The molecule has 1 aromatic carbocycles. The Labute approximate surface area is 118 Å². The van der Waals surface area contributed by atoms with Gasteiger partial charge < -0.3 is 15.4 Å². The minimum atomic E-state index is -0.00217. The van der Waals surface area contributed by atoms with Crippen molar-refractivity contribution in [2.45, 2.75) is 19.4 Å². The maximum Gasteiger partial charge on any atom is 0.234 e. The highest BCUT2D eigenvalue weighted by Crippen LogP contribution is 2.27. The van der Waals surface area contributed by atoms with Gasteiger partial charge in [-0.1, -0.05) is 17.7 Å². The van der Waals surface area contributed by atoms with Gasteiger partial charge in [0.05, 0.1) is 13.7 Å². The summed E-state index contributed by atoms with van der Waals surface area (Å²) in [5, 5.41) is 6.64. The average molecular weight is 283 g/mol. The lowest BCUT2D eigenvalue weighted by molar-refractivity contribution is -0.120. The number of carbonyl (C=O) groups is 1. The fourth-order valence-electron chi connectivity index (χ4n) is 1.83. The minimum absolute atomic E-state index is 0.00217. The molecule has 2 rings (SSSR count). The van der Waals surface area contributed by atoms with Gasteiger partial charge in [-0.3, -0.25) is 4.79 Å². The molecule has 0 spiro atoms. The molecule has 0 aromatic heterocycles. The number of nitrogens with one attached hydrogen (secondary N) is 2. The van der Waals surface area contributed by atoms with E-state index in [9.17, 15) is 4.79 Å². The van der Waals surface area contributed by atoms with Crippen molar-refractivity contribution in [1.82, 2.24) is 10.6 Å². The number of hydrogen-bond donors (Lipinski definition) is 2. The van der Waals surface area contributed by atoms with Crippen molar-refractivity contribution in [2.24, 2.45) is 5.92 Å². The van der Waals surface area contributed by atoms with Crippen LogP contribution in [0.5, 0.6) is 5.75 Å². The Morgan fingerprint density at radius 2 is 2.26 bits per heavy atom. The van der Waals surface area contributed by atoms with E-state index >= 15 is 0 Å². The predicted molar refractivity (Wildman–Crippen MR) is 75.4 cm³/mol. The summed E-state index contributed by atoms with van der Waals surface area (Å²) in [6.07, 6.45) is 2.58. The van der Waals surface area contributed by atoms with Crippen molar-refractivity contribution in [3.8, 4) is 5.75 Å². The molecule has 4 nitrogen and oxygen atoms in total. The predicted octanol–water partition coefficient (Wildman–Crippen LogP) is 1.96. The van der Waals surface area contributed by atoms with Crippen LogP contribution in [0.15, 0.2) is 18.2 Å². The lowest BCUT2D eigenvalue weighted by atomic mass is 10.2. The van der Waals surface area contributed by atoms with E-state index in [1.807, 2.05) is 6.07 Å². The average Bonchev–Trinajstić information content (AvgIpc) is 3.21.